The summed E-state index contributed by atoms with van der Waals surface area (Å²) < 4.78 is 5.19. The largest absolute Gasteiger partial charge is 0.417 e. The molecule has 4 N–H and O–H groups in total. The second kappa shape index (κ2) is 6.46. The Labute approximate surface area is 170 Å². The summed E-state index contributed by atoms with van der Waals surface area (Å²) >= 11 is 0. The number of nitrogen functional groups attached to an aromatic ring is 1. The summed E-state index contributed by atoms with van der Waals surface area (Å²) in [6, 6.07) is 11.3. The zero-order valence-electron chi connectivity index (χ0n) is 16.0. The number of nitrogens with two attached hydrogens (primary N) is 1. The third-order valence-electron chi connectivity index (χ3n) is 5.49. The molecule has 1 amide bonds. The van der Waals surface area contributed by atoms with E-state index in [2.05, 4.69) is 21.4 Å². The molecule has 8 heteroatoms. The van der Waals surface area contributed by atoms with Gasteiger partial charge in [0.15, 0.2) is 5.58 Å². The first-order chi connectivity index (χ1) is 14.4. The fourth-order valence-electron chi connectivity index (χ4n) is 3.77. The van der Waals surface area contributed by atoms with E-state index in [-0.39, 0.29) is 17.7 Å². The predicted octanol–water partition coefficient (Wildman–Crippen LogP) is 3.33. The molecule has 30 heavy (non-hydrogen) atoms. The highest BCUT2D eigenvalue weighted by atomic mass is 16.4. The van der Waals surface area contributed by atoms with Crippen LogP contribution in [0, 0.1) is 30.1 Å². The van der Waals surface area contributed by atoms with Gasteiger partial charge in [0.05, 0.1) is 23.4 Å². The van der Waals surface area contributed by atoms with E-state index in [9.17, 15) is 9.59 Å². The van der Waals surface area contributed by atoms with Crippen molar-refractivity contribution < 1.29 is 9.21 Å². The molecule has 4 aromatic rings. The van der Waals surface area contributed by atoms with E-state index < -0.39 is 5.76 Å². The molecule has 0 saturated heterocycles. The topological polar surface area (TPSA) is 138 Å². The number of aromatic nitrogens is 2. The minimum absolute atomic E-state index is 0.193. The molecule has 2 aromatic carbocycles. The number of aromatic amines is 1. The van der Waals surface area contributed by atoms with Gasteiger partial charge in [0.2, 0.25) is 5.91 Å². The Morgan fingerprint density at radius 2 is 2.17 bits per heavy atom. The van der Waals surface area contributed by atoms with Gasteiger partial charge in [-0.05, 0) is 65.8 Å². The van der Waals surface area contributed by atoms with Gasteiger partial charge in [0, 0.05) is 17.3 Å². The highest BCUT2D eigenvalue weighted by Crippen LogP contribution is 2.39. The average Bonchev–Trinajstić information content (AvgIpc) is 3.41. The van der Waals surface area contributed by atoms with Crippen LogP contribution in [0.25, 0.3) is 33.0 Å². The van der Waals surface area contributed by atoms with Crippen molar-refractivity contribution in [3.63, 3.8) is 0 Å². The first kappa shape index (κ1) is 17.9. The van der Waals surface area contributed by atoms with Crippen LogP contribution in [0.5, 0.6) is 0 Å². The summed E-state index contributed by atoms with van der Waals surface area (Å²) in [6.45, 7) is 1.94. The third-order valence-corrected chi connectivity index (χ3v) is 5.49. The fourth-order valence-corrected chi connectivity index (χ4v) is 3.77. The van der Waals surface area contributed by atoms with Crippen molar-refractivity contribution in [3.05, 3.63) is 52.6 Å². The average molecular weight is 399 g/mol. The summed E-state index contributed by atoms with van der Waals surface area (Å²) in [5.74, 6) is -0.758. The summed E-state index contributed by atoms with van der Waals surface area (Å²) in [7, 11) is 0. The predicted molar refractivity (Wildman–Crippen MR) is 113 cm³/mol. The number of amides is 1. The second-order valence-electron chi connectivity index (χ2n) is 7.60. The van der Waals surface area contributed by atoms with Crippen LogP contribution in [0.15, 0.2) is 45.7 Å². The lowest BCUT2D eigenvalue weighted by Crippen LogP contribution is -2.15. The third kappa shape index (κ3) is 2.97. The molecule has 2 atom stereocenters. The van der Waals surface area contributed by atoms with Crippen LogP contribution in [0.3, 0.4) is 0 Å². The second-order valence-corrected chi connectivity index (χ2v) is 7.60. The molecule has 0 bridgehead atoms. The van der Waals surface area contributed by atoms with Crippen molar-refractivity contribution in [3.8, 4) is 17.2 Å². The molecule has 1 fully saturated rings. The highest BCUT2D eigenvalue weighted by Gasteiger charge is 2.43. The number of pyridine rings is 1. The number of rotatable bonds is 3. The number of fused-ring (bicyclic) bond motifs is 2. The normalized spacial score (nSPS) is 17.7. The van der Waals surface area contributed by atoms with E-state index in [1.165, 1.54) is 0 Å². The van der Waals surface area contributed by atoms with Gasteiger partial charge in [0.25, 0.3) is 0 Å². The Kier molecular flexibility index (Phi) is 3.86. The number of oxazole rings is 1. The molecule has 0 radical (unpaired) electrons. The van der Waals surface area contributed by atoms with Gasteiger partial charge in [-0.1, -0.05) is 0 Å². The molecular weight excluding hydrogens is 382 g/mol. The lowest BCUT2D eigenvalue weighted by atomic mass is 9.97. The number of H-pyrrole nitrogens is 1. The Morgan fingerprint density at radius 1 is 1.33 bits per heavy atom. The minimum atomic E-state index is -0.500. The fraction of sp³-hybridized carbons (Fsp3) is 0.182. The monoisotopic (exact) mass is 399 g/mol. The quantitative estimate of drug-likeness (QED) is 0.452. The van der Waals surface area contributed by atoms with Crippen molar-refractivity contribution in [2.24, 2.45) is 11.8 Å². The Bertz CT molecular complexity index is 1440. The molecule has 0 spiro atoms. The maximum atomic E-state index is 12.2. The van der Waals surface area contributed by atoms with Gasteiger partial charge < -0.3 is 15.5 Å². The number of benzene rings is 2. The highest BCUT2D eigenvalue weighted by molar-refractivity contribution is 6.00. The van der Waals surface area contributed by atoms with E-state index in [1.54, 1.807) is 12.3 Å². The molecule has 2 heterocycles. The number of nitrogens with zero attached hydrogens (tertiary/aromatic N) is 2. The number of anilines is 2. The van der Waals surface area contributed by atoms with Crippen LogP contribution in [-0.2, 0) is 4.79 Å². The summed E-state index contributed by atoms with van der Waals surface area (Å²) in [6.07, 6.45) is 2.21. The van der Waals surface area contributed by atoms with Crippen molar-refractivity contribution in [1.29, 1.82) is 5.26 Å². The van der Waals surface area contributed by atoms with Crippen molar-refractivity contribution in [2.45, 2.75) is 13.3 Å². The molecule has 0 unspecified atom stereocenters. The van der Waals surface area contributed by atoms with Crippen molar-refractivity contribution in [2.75, 3.05) is 11.1 Å². The van der Waals surface area contributed by atoms with E-state index >= 15 is 0 Å². The number of hydrogen-bond acceptors (Lipinski definition) is 6. The van der Waals surface area contributed by atoms with E-state index in [0.717, 1.165) is 27.5 Å². The molecule has 1 aliphatic rings. The Hall–Kier alpha value is -4.12. The van der Waals surface area contributed by atoms with Crippen LogP contribution in [0.4, 0.5) is 11.5 Å². The number of carbonyl (C=O) groups excluding carboxylic acids is 1. The zero-order chi connectivity index (χ0) is 21.0. The lowest BCUT2D eigenvalue weighted by Gasteiger charge is -2.11. The molecule has 2 aromatic heterocycles. The maximum absolute atomic E-state index is 12.2. The minimum Gasteiger partial charge on any atom is -0.408 e. The van der Waals surface area contributed by atoms with Gasteiger partial charge >= 0.3 is 5.76 Å². The standard InChI is InChI=1S/C22H17N5O3/c1-10-2-18-19(30-22(29)26-18)7-14(10)11-3-12-6-20(25-9-16(12)17(24)5-11)27-21(28)15-4-13(15)8-23/h2-3,5-7,9,13,15H,4,24H2,1H3,(H,26,29)(H,25,27,28)/t13-,15+/m0/s1. The molecule has 148 valence electrons. The number of carbonyl (C=O) groups is 1. The van der Waals surface area contributed by atoms with Gasteiger partial charge in [-0.2, -0.15) is 5.26 Å². The molecule has 1 saturated carbocycles. The van der Waals surface area contributed by atoms with E-state index in [0.29, 0.717) is 29.0 Å². The number of aryl methyl sites for hydroxylation is 1. The van der Waals surface area contributed by atoms with E-state index in [4.69, 9.17) is 15.4 Å². The SMILES string of the molecule is Cc1cc2[nH]c(=O)oc2cc1-c1cc(N)c2cnc(NC(=O)[C@@H]3C[C@H]3C#N)cc2c1. The zero-order valence-corrected chi connectivity index (χ0v) is 16.0. The molecule has 0 aliphatic heterocycles. The molecule has 1 aliphatic carbocycles. The number of nitriles is 1. The van der Waals surface area contributed by atoms with Gasteiger partial charge in [-0.3, -0.25) is 9.78 Å². The summed E-state index contributed by atoms with van der Waals surface area (Å²) in [4.78, 5) is 30.7. The van der Waals surface area contributed by atoms with Crippen LogP contribution in [-0.4, -0.2) is 15.9 Å². The van der Waals surface area contributed by atoms with E-state index in [1.807, 2.05) is 31.2 Å². The summed E-state index contributed by atoms with van der Waals surface area (Å²) in [5, 5.41) is 13.3. The molecular formula is C22H17N5O3. The van der Waals surface area contributed by atoms with Crippen LogP contribution >= 0.6 is 0 Å². The van der Waals surface area contributed by atoms with Crippen molar-refractivity contribution in [1.82, 2.24) is 9.97 Å². The molecule has 8 nitrogen and oxygen atoms in total. The van der Waals surface area contributed by atoms with Gasteiger partial charge in [-0.15, -0.1) is 0 Å². The number of hydrogen-bond donors (Lipinski definition) is 3. The smallest absolute Gasteiger partial charge is 0.408 e. The molecule has 5 rings (SSSR count). The first-order valence-corrected chi connectivity index (χ1v) is 9.46. The van der Waals surface area contributed by atoms with Gasteiger partial charge in [-0.25, -0.2) is 9.78 Å². The van der Waals surface area contributed by atoms with Crippen LogP contribution in [0.1, 0.15) is 12.0 Å². The van der Waals surface area contributed by atoms with Gasteiger partial charge in [0.1, 0.15) is 5.82 Å². The van der Waals surface area contributed by atoms with Crippen LogP contribution < -0.4 is 16.8 Å². The van der Waals surface area contributed by atoms with Crippen LogP contribution in [0.2, 0.25) is 0 Å². The Morgan fingerprint density at radius 3 is 2.93 bits per heavy atom. The number of nitrogens with one attached hydrogen (secondary N) is 2. The Balaban J connectivity index is 1.55. The van der Waals surface area contributed by atoms with Crippen molar-refractivity contribution >= 4 is 39.3 Å². The first-order valence-electron chi connectivity index (χ1n) is 9.46. The summed E-state index contributed by atoms with van der Waals surface area (Å²) in [5.41, 5.74) is 10.6. The lowest BCUT2D eigenvalue weighted by molar-refractivity contribution is -0.117. The maximum Gasteiger partial charge on any atom is 0.417 e.